The summed E-state index contributed by atoms with van der Waals surface area (Å²) in [5, 5.41) is 8.57. The molecule has 0 aliphatic heterocycles. The molecule has 0 aliphatic carbocycles. The molecule has 0 fully saturated rings. The molecule has 0 saturated heterocycles. The number of rotatable bonds is 17. The summed E-state index contributed by atoms with van der Waals surface area (Å²) in [7, 11) is 2.71. The zero-order chi connectivity index (χ0) is 34.4. The smallest absolute Gasteiger partial charge is 0.419 e. The lowest BCUT2D eigenvalue weighted by Gasteiger charge is -2.31. The van der Waals surface area contributed by atoms with Crippen molar-refractivity contribution < 1.29 is 42.9 Å². The number of ether oxygens (including phenoxy) is 4. The first-order valence-corrected chi connectivity index (χ1v) is 16.8. The first-order valence-electron chi connectivity index (χ1n) is 14.4. The van der Waals surface area contributed by atoms with Crippen molar-refractivity contribution in [3.05, 3.63) is 82.3 Å². The predicted octanol–water partition coefficient (Wildman–Crippen LogP) is 3.03. The Morgan fingerprint density at radius 3 is 1.94 bits per heavy atom. The highest BCUT2D eigenvalue weighted by Gasteiger charge is 2.43. The molecule has 252 valence electrons. The van der Waals surface area contributed by atoms with Crippen molar-refractivity contribution in [2.45, 2.75) is 44.0 Å². The van der Waals surface area contributed by atoms with Gasteiger partial charge < -0.3 is 34.9 Å². The highest BCUT2D eigenvalue weighted by atomic mass is 127. The van der Waals surface area contributed by atoms with Crippen LogP contribution in [-0.4, -0.2) is 90.2 Å². The van der Waals surface area contributed by atoms with Gasteiger partial charge in [0.1, 0.15) is 22.7 Å². The third-order valence-corrected chi connectivity index (χ3v) is 9.08. The first-order chi connectivity index (χ1) is 22.5. The molecular formula is C32H37IN4O9S. The van der Waals surface area contributed by atoms with E-state index < -0.39 is 53.4 Å². The van der Waals surface area contributed by atoms with Gasteiger partial charge in [0.05, 0.1) is 30.5 Å². The third-order valence-electron chi connectivity index (χ3n) is 6.71. The van der Waals surface area contributed by atoms with Crippen LogP contribution < -0.4 is 20.7 Å². The third kappa shape index (κ3) is 11.4. The lowest BCUT2D eigenvalue weighted by Crippen LogP contribution is -2.60. The van der Waals surface area contributed by atoms with Crippen LogP contribution in [0.15, 0.2) is 66.9 Å². The number of Topliss-reactive ketones (excluding diaryl/α,β-unsaturated/α-hetero) is 1. The minimum absolute atomic E-state index is 0.0462. The number of carbonyl (C=O) groups excluding carboxylic acids is 5. The zero-order valence-electron chi connectivity index (χ0n) is 26.3. The van der Waals surface area contributed by atoms with E-state index >= 15 is 0 Å². The number of hydrogen-bond acceptors (Lipinski definition) is 11. The first kappa shape index (κ1) is 37.5. The van der Waals surface area contributed by atoms with Crippen molar-refractivity contribution in [3.8, 4) is 5.75 Å². The van der Waals surface area contributed by atoms with Crippen molar-refractivity contribution in [1.82, 2.24) is 20.9 Å². The summed E-state index contributed by atoms with van der Waals surface area (Å²) in [6.45, 7) is 2.75. The Morgan fingerprint density at radius 1 is 0.851 bits per heavy atom. The predicted molar refractivity (Wildman–Crippen MR) is 182 cm³/mol. The van der Waals surface area contributed by atoms with Crippen molar-refractivity contribution >= 4 is 63.6 Å². The van der Waals surface area contributed by atoms with Crippen LogP contribution in [-0.2, 0) is 35.0 Å². The molecular weight excluding hydrogens is 743 g/mol. The summed E-state index contributed by atoms with van der Waals surface area (Å²) in [4.78, 5) is 70.8. The molecule has 0 spiro atoms. The van der Waals surface area contributed by atoms with Gasteiger partial charge in [0.25, 0.3) is 5.91 Å². The zero-order valence-corrected chi connectivity index (χ0v) is 29.3. The van der Waals surface area contributed by atoms with Gasteiger partial charge in [-0.3, -0.25) is 19.2 Å². The quantitative estimate of drug-likeness (QED) is 0.0801. The van der Waals surface area contributed by atoms with Gasteiger partial charge in [-0.1, -0.05) is 71.1 Å². The molecule has 0 bridgehead atoms. The number of alkyl halides is 1. The molecule has 3 aromatic rings. The van der Waals surface area contributed by atoms with E-state index in [0.29, 0.717) is 9.88 Å². The number of hydrogen-bond donors (Lipinski definition) is 3. The van der Waals surface area contributed by atoms with Crippen LogP contribution in [0.4, 0.5) is 4.79 Å². The lowest BCUT2D eigenvalue weighted by atomic mass is 9.92. The van der Waals surface area contributed by atoms with Gasteiger partial charge in [0.15, 0.2) is 11.4 Å². The summed E-state index contributed by atoms with van der Waals surface area (Å²) >= 11 is 3.08. The Bertz CT molecular complexity index is 1510. The fourth-order valence-corrected chi connectivity index (χ4v) is 5.51. The average molecular weight is 781 g/mol. The molecule has 3 rings (SSSR count). The highest BCUT2D eigenvalue weighted by molar-refractivity contribution is 14.1. The average Bonchev–Trinajstić information content (AvgIpc) is 3.50. The van der Waals surface area contributed by atoms with Crippen LogP contribution in [0.25, 0.3) is 0 Å². The lowest BCUT2D eigenvalue weighted by molar-refractivity contribution is -0.140. The molecule has 1 unspecified atom stereocenters. The van der Waals surface area contributed by atoms with E-state index in [9.17, 15) is 24.0 Å². The minimum atomic E-state index is -1.69. The molecule has 13 nitrogen and oxygen atoms in total. The van der Waals surface area contributed by atoms with Gasteiger partial charge in [-0.25, -0.2) is 9.78 Å². The Balaban J connectivity index is 1.80. The Hall–Kier alpha value is -3.93. The SMILES string of the molecule is COC[C@H](NC(=O)c1cnc(C)s1)C(=O)N[C@@H](COC)C(=O)NC(Cc1ccccc1)C(=O)[C@@](C)(CI)OC(=O)Oc1ccccc1. The summed E-state index contributed by atoms with van der Waals surface area (Å²) in [5.41, 5.74) is -0.968. The maximum Gasteiger partial charge on any atom is 0.514 e. The Kier molecular flexibility index (Phi) is 14.7. The molecule has 0 saturated carbocycles. The van der Waals surface area contributed by atoms with Gasteiger partial charge in [-0.2, -0.15) is 0 Å². The van der Waals surface area contributed by atoms with Crippen LogP contribution in [0.2, 0.25) is 0 Å². The summed E-state index contributed by atoms with van der Waals surface area (Å²) in [6.07, 6.45) is 0.369. The van der Waals surface area contributed by atoms with Gasteiger partial charge in [-0.05, 0) is 38.0 Å². The van der Waals surface area contributed by atoms with Crippen molar-refractivity contribution in [3.63, 3.8) is 0 Å². The molecule has 4 atom stereocenters. The maximum absolute atomic E-state index is 14.0. The van der Waals surface area contributed by atoms with Gasteiger partial charge >= 0.3 is 6.16 Å². The van der Waals surface area contributed by atoms with E-state index in [2.05, 4.69) is 20.9 Å². The number of amides is 3. The van der Waals surface area contributed by atoms with Gasteiger partial charge in [0.2, 0.25) is 11.8 Å². The number of thiazole rings is 1. The number of benzene rings is 2. The van der Waals surface area contributed by atoms with E-state index in [0.717, 1.165) is 16.9 Å². The van der Waals surface area contributed by atoms with E-state index in [-0.39, 0.29) is 29.8 Å². The second-order valence-electron chi connectivity index (χ2n) is 10.5. The number of nitrogens with zero attached hydrogens (tertiary/aromatic N) is 1. The molecule has 3 N–H and O–H groups in total. The second-order valence-corrected chi connectivity index (χ2v) is 12.5. The standard InChI is InChI=1S/C32H37IN4O9S/c1-20-34-16-26(47-20)30(41)37-25(18-44-4)29(40)36-24(17-43-3)28(39)35-23(15-21-11-7-5-8-12-21)27(38)32(2,19-33)46-31(42)45-22-13-9-6-10-14-22/h5-14,16,23-25H,15,17-19H2,1-4H3,(H,35,39)(H,36,40)(H,37,41)/t23?,24-,25-,32+/m0/s1. The normalized spacial score (nSPS) is 14.1. The molecule has 3 amide bonds. The number of nitrogens with one attached hydrogen (secondary N) is 3. The highest BCUT2D eigenvalue weighted by Crippen LogP contribution is 2.22. The maximum atomic E-state index is 14.0. The molecule has 47 heavy (non-hydrogen) atoms. The van der Waals surface area contributed by atoms with Crippen LogP contribution >= 0.6 is 33.9 Å². The number of methoxy groups -OCH3 is 2. The summed E-state index contributed by atoms with van der Waals surface area (Å²) in [6, 6.07) is 13.6. The van der Waals surface area contributed by atoms with E-state index in [1.54, 1.807) is 61.5 Å². The monoisotopic (exact) mass is 780 g/mol. The molecule has 1 aromatic heterocycles. The van der Waals surface area contributed by atoms with E-state index in [4.69, 9.17) is 18.9 Å². The molecule has 0 aliphatic rings. The molecule has 15 heteroatoms. The second kappa shape index (κ2) is 18.4. The molecule has 1 heterocycles. The number of aromatic nitrogens is 1. The largest absolute Gasteiger partial charge is 0.514 e. The van der Waals surface area contributed by atoms with Crippen molar-refractivity contribution in [1.29, 1.82) is 0 Å². The van der Waals surface area contributed by atoms with E-state index in [1.807, 2.05) is 28.7 Å². The van der Waals surface area contributed by atoms with Gasteiger partial charge in [-0.15, -0.1) is 11.3 Å². The van der Waals surface area contributed by atoms with Crippen LogP contribution in [0, 0.1) is 6.92 Å². The minimum Gasteiger partial charge on any atom is -0.419 e. The number of aryl methyl sites for hydroxylation is 1. The van der Waals surface area contributed by atoms with Gasteiger partial charge in [0, 0.05) is 18.6 Å². The number of carbonyl (C=O) groups is 5. The topological polar surface area (TPSA) is 171 Å². The fraction of sp³-hybridized carbons (Fsp3) is 0.375. The fourth-order valence-electron chi connectivity index (χ4n) is 4.30. The molecule has 2 aromatic carbocycles. The van der Waals surface area contributed by atoms with Crippen molar-refractivity contribution in [2.75, 3.05) is 31.9 Å². The number of halogens is 1. The number of ketones is 1. The van der Waals surface area contributed by atoms with E-state index in [1.165, 1.54) is 27.3 Å². The Morgan fingerprint density at radius 2 is 1.40 bits per heavy atom. The number of para-hydroxylation sites is 1. The summed E-state index contributed by atoms with van der Waals surface area (Å²) in [5.74, 6) is -2.34. The van der Waals surface area contributed by atoms with Crippen molar-refractivity contribution in [2.24, 2.45) is 0 Å². The summed E-state index contributed by atoms with van der Waals surface area (Å²) < 4.78 is 21.2. The van der Waals surface area contributed by atoms with Crippen LogP contribution in [0.5, 0.6) is 5.75 Å². The molecule has 0 radical (unpaired) electrons. The Labute approximate surface area is 290 Å². The van der Waals surface area contributed by atoms with Crippen LogP contribution in [0.3, 0.4) is 0 Å². The van der Waals surface area contributed by atoms with Crippen LogP contribution in [0.1, 0.15) is 27.2 Å².